The highest BCUT2D eigenvalue weighted by molar-refractivity contribution is 6.25. The number of rotatable bonds is 3. The number of aromatic nitrogens is 1. The van der Waals surface area contributed by atoms with Gasteiger partial charge in [-0.2, -0.15) is 0 Å². The number of nitrogens with zero attached hydrogens (tertiary/aromatic N) is 1. The Balaban J connectivity index is 1.48. The first-order chi connectivity index (χ1) is 22.1. The predicted octanol–water partition coefficient (Wildman–Crippen LogP) is 9.76. The van der Waals surface area contributed by atoms with Crippen molar-refractivity contribution in [3.05, 3.63) is 111 Å². The van der Waals surface area contributed by atoms with E-state index in [1.807, 2.05) is 18.2 Å². The normalized spacial score (nSPS) is 14.1. The Morgan fingerprint density at radius 1 is 0.542 bits per heavy atom. The molecule has 0 bridgehead atoms. The molecule has 2 N–H and O–H groups in total. The Kier molecular flexibility index (Phi) is 7.70. The van der Waals surface area contributed by atoms with Gasteiger partial charge in [-0.3, -0.25) is 4.79 Å². The van der Waals surface area contributed by atoms with Crippen molar-refractivity contribution in [2.45, 2.75) is 105 Å². The molecule has 0 saturated carbocycles. The number of hydrogen-bond donors (Lipinski definition) is 2. The van der Waals surface area contributed by atoms with E-state index in [0.29, 0.717) is 16.5 Å². The minimum Gasteiger partial charge on any atom is -0.494 e. The van der Waals surface area contributed by atoms with Crippen molar-refractivity contribution in [3.8, 4) is 28.1 Å². The van der Waals surface area contributed by atoms with Gasteiger partial charge in [-0.15, -0.1) is 0 Å². The molecule has 1 amide bonds. The summed E-state index contributed by atoms with van der Waals surface area (Å²) in [4.78, 5) is 21.2. The molecular formula is C44H50N2O2. The summed E-state index contributed by atoms with van der Waals surface area (Å²) >= 11 is 0. The number of fused-ring (bicyclic) bond motifs is 2. The highest BCUT2D eigenvalue weighted by Gasteiger charge is 2.27. The molecule has 4 heteroatoms. The number of benzene rings is 4. The van der Waals surface area contributed by atoms with Crippen molar-refractivity contribution in [2.24, 2.45) is 4.99 Å². The van der Waals surface area contributed by atoms with E-state index < -0.39 is 0 Å². The van der Waals surface area contributed by atoms with E-state index in [-0.39, 0.29) is 33.4 Å². The number of amides is 1. The minimum absolute atomic E-state index is 0.00150. The molecule has 5 aromatic rings. The van der Waals surface area contributed by atoms with Gasteiger partial charge in [-0.1, -0.05) is 144 Å². The number of nitrogens with one attached hydrogen (secondary N) is 1. The highest BCUT2D eigenvalue weighted by Crippen LogP contribution is 2.39. The van der Waals surface area contributed by atoms with E-state index in [9.17, 15) is 9.90 Å². The number of carbonyl (C=O) groups excluding carboxylic acids is 1. The standard InChI is InChI=1S/C44H50N2O2/c1-41(2,3)29-17-27(18-30(23-29)42(4,5)6)25-13-15-33-35(21-25)45-39(47)37(33)38-34-16-14-26(22-36(34)46-40(38)48)28-19-31(43(7,8)9)24-32(20-28)44(10,11)12/h13-24,45,47H,1-12H3. The maximum absolute atomic E-state index is 13.6. The van der Waals surface area contributed by atoms with Crippen molar-refractivity contribution in [1.29, 1.82) is 0 Å². The van der Waals surface area contributed by atoms with Crippen LogP contribution in [-0.4, -0.2) is 16.0 Å². The average Bonchev–Trinajstić information content (AvgIpc) is 3.47. The zero-order valence-corrected chi connectivity index (χ0v) is 30.7. The Morgan fingerprint density at radius 2 is 0.979 bits per heavy atom. The predicted molar refractivity (Wildman–Crippen MR) is 200 cm³/mol. The molecule has 0 fully saturated rings. The zero-order valence-electron chi connectivity index (χ0n) is 30.7. The number of H-pyrrole nitrogens is 1. The van der Waals surface area contributed by atoms with E-state index >= 15 is 0 Å². The van der Waals surface area contributed by atoms with Crippen LogP contribution in [0.2, 0.25) is 0 Å². The summed E-state index contributed by atoms with van der Waals surface area (Å²) in [6.07, 6.45) is 0. The van der Waals surface area contributed by atoms with Crippen LogP contribution in [0, 0.1) is 0 Å². The molecule has 48 heavy (non-hydrogen) atoms. The van der Waals surface area contributed by atoms with Gasteiger partial charge < -0.3 is 10.1 Å². The fourth-order valence-corrected chi connectivity index (χ4v) is 6.47. The Morgan fingerprint density at radius 3 is 1.44 bits per heavy atom. The number of aromatic amines is 1. The van der Waals surface area contributed by atoms with Crippen molar-refractivity contribution >= 4 is 22.4 Å². The van der Waals surface area contributed by atoms with Gasteiger partial charge in [0.25, 0.3) is 5.91 Å². The lowest BCUT2D eigenvalue weighted by atomic mass is 9.79. The SMILES string of the molecule is CC(C)(C)c1cc(-c2ccc3c(c2)=NC(=O)C=3c2c(O)[nH]c3cc(-c4cc(C(C)(C)C)cc(C(C)(C)C)c4)ccc23)cc(C(C)(C)C)c1. The third-order valence-corrected chi connectivity index (χ3v) is 9.73. The van der Waals surface area contributed by atoms with E-state index in [2.05, 4.69) is 148 Å². The van der Waals surface area contributed by atoms with Gasteiger partial charge in [0, 0.05) is 16.1 Å². The number of carbonyl (C=O) groups is 1. The van der Waals surface area contributed by atoms with Crippen LogP contribution in [0.1, 0.15) is 111 Å². The first-order valence-corrected chi connectivity index (χ1v) is 17.1. The summed E-state index contributed by atoms with van der Waals surface area (Å²) < 4.78 is 0. The molecule has 0 unspecified atom stereocenters. The molecule has 0 radical (unpaired) electrons. The van der Waals surface area contributed by atoms with Gasteiger partial charge in [0.05, 0.1) is 16.5 Å². The van der Waals surface area contributed by atoms with Crippen molar-refractivity contribution in [2.75, 3.05) is 0 Å². The van der Waals surface area contributed by atoms with Crippen LogP contribution in [0.4, 0.5) is 0 Å². The van der Waals surface area contributed by atoms with Crippen molar-refractivity contribution in [3.63, 3.8) is 0 Å². The van der Waals surface area contributed by atoms with Crippen LogP contribution in [0.15, 0.2) is 77.8 Å². The smallest absolute Gasteiger partial charge is 0.279 e. The van der Waals surface area contributed by atoms with Gasteiger partial charge in [0.15, 0.2) is 5.88 Å². The maximum atomic E-state index is 13.6. The topological polar surface area (TPSA) is 65.4 Å². The molecule has 0 spiro atoms. The summed E-state index contributed by atoms with van der Waals surface area (Å²) in [6, 6.07) is 25.9. The third-order valence-electron chi connectivity index (χ3n) is 9.73. The first kappa shape index (κ1) is 33.5. The third kappa shape index (κ3) is 6.14. The lowest BCUT2D eigenvalue weighted by Gasteiger charge is -2.26. The lowest BCUT2D eigenvalue weighted by Crippen LogP contribution is -2.23. The second kappa shape index (κ2) is 11.1. The van der Waals surface area contributed by atoms with Gasteiger partial charge in [0.1, 0.15) is 0 Å². The fraction of sp³-hybridized carbons (Fsp3) is 0.364. The highest BCUT2D eigenvalue weighted by atomic mass is 16.3. The van der Waals surface area contributed by atoms with Crippen LogP contribution in [0.25, 0.3) is 38.7 Å². The molecule has 1 aromatic heterocycles. The molecular weight excluding hydrogens is 588 g/mol. The zero-order chi connectivity index (χ0) is 35.1. The summed E-state index contributed by atoms with van der Waals surface area (Å²) in [6.45, 7) is 26.9. The van der Waals surface area contributed by atoms with E-state index in [1.54, 1.807) is 0 Å². The minimum atomic E-state index is -0.339. The largest absolute Gasteiger partial charge is 0.494 e. The molecule has 4 nitrogen and oxygen atoms in total. The molecule has 0 saturated heterocycles. The quantitative estimate of drug-likeness (QED) is 0.207. The van der Waals surface area contributed by atoms with Gasteiger partial charge in [0.2, 0.25) is 0 Å². The molecule has 2 heterocycles. The number of hydrogen-bond acceptors (Lipinski definition) is 2. The van der Waals surface area contributed by atoms with Gasteiger partial charge in [-0.05, 0) is 78.3 Å². The van der Waals surface area contributed by atoms with Crippen LogP contribution >= 0.6 is 0 Å². The summed E-state index contributed by atoms with van der Waals surface area (Å²) in [5.41, 5.74) is 11.1. The van der Waals surface area contributed by atoms with Crippen LogP contribution < -0.4 is 10.6 Å². The van der Waals surface area contributed by atoms with E-state index in [4.69, 9.17) is 0 Å². The molecule has 0 aliphatic carbocycles. The van der Waals surface area contributed by atoms with Crippen LogP contribution in [0.3, 0.4) is 0 Å². The summed E-state index contributed by atoms with van der Waals surface area (Å²) in [5.74, 6) is -0.363. The van der Waals surface area contributed by atoms with Gasteiger partial charge in [-0.25, -0.2) is 4.99 Å². The molecule has 4 aromatic carbocycles. The summed E-state index contributed by atoms with van der Waals surface area (Å²) in [5, 5.41) is 13.4. The van der Waals surface area contributed by atoms with Crippen molar-refractivity contribution < 1.29 is 9.90 Å². The van der Waals surface area contributed by atoms with Crippen LogP contribution in [0.5, 0.6) is 5.88 Å². The van der Waals surface area contributed by atoms with E-state index in [1.165, 1.54) is 22.3 Å². The first-order valence-electron chi connectivity index (χ1n) is 17.1. The van der Waals surface area contributed by atoms with Gasteiger partial charge >= 0.3 is 0 Å². The average molecular weight is 639 g/mol. The lowest BCUT2D eigenvalue weighted by molar-refractivity contribution is -0.112. The second-order valence-corrected chi connectivity index (χ2v) is 17.7. The maximum Gasteiger partial charge on any atom is 0.279 e. The second-order valence-electron chi connectivity index (χ2n) is 17.7. The molecule has 6 rings (SSSR count). The Bertz CT molecular complexity index is 2170. The monoisotopic (exact) mass is 638 g/mol. The molecule has 1 aliphatic heterocycles. The van der Waals surface area contributed by atoms with Crippen LogP contribution in [-0.2, 0) is 26.5 Å². The molecule has 0 atom stereocenters. The van der Waals surface area contributed by atoms with E-state index in [0.717, 1.165) is 38.4 Å². The molecule has 1 aliphatic rings. The van der Waals surface area contributed by atoms with Crippen molar-refractivity contribution in [1.82, 2.24) is 4.98 Å². The number of aromatic hydroxyl groups is 1. The Labute approximate surface area is 285 Å². The Hall–Kier alpha value is -4.44. The summed E-state index contributed by atoms with van der Waals surface area (Å²) in [7, 11) is 0. The fourth-order valence-electron chi connectivity index (χ4n) is 6.47. The molecule has 248 valence electrons.